The molecule has 0 unspecified atom stereocenters. The van der Waals surface area contributed by atoms with Crippen molar-refractivity contribution < 1.29 is 35.8 Å². The van der Waals surface area contributed by atoms with E-state index in [-0.39, 0.29) is 37.0 Å². The summed E-state index contributed by atoms with van der Waals surface area (Å²) in [6.07, 6.45) is 0. The van der Waals surface area contributed by atoms with Crippen LogP contribution in [0.4, 0.5) is 4.79 Å². The van der Waals surface area contributed by atoms with Crippen LogP contribution in [-0.4, -0.2) is 68.2 Å². The summed E-state index contributed by atoms with van der Waals surface area (Å²) in [4.78, 5) is 15.8. The van der Waals surface area contributed by atoms with Crippen molar-refractivity contribution in [2.45, 2.75) is 0 Å². The van der Waals surface area contributed by atoms with Crippen molar-refractivity contribution in [3.8, 4) is 0 Å². The molecule has 2 N–H and O–H groups in total. The van der Waals surface area contributed by atoms with Gasteiger partial charge in [0.2, 0.25) is 0 Å². The number of nitrogens with zero attached hydrogens (tertiary/aromatic N) is 2. The number of piperazine rings is 2. The number of carbonyl (C=O) groups excluding carboxylic acids is 1. The fourth-order valence-corrected chi connectivity index (χ4v) is 1.91. The first-order valence-electron chi connectivity index (χ1n) is 5.33. The van der Waals surface area contributed by atoms with Crippen molar-refractivity contribution in [2.75, 3.05) is 52.4 Å². The Balaban J connectivity index is 0.00000112. The maximum atomic E-state index is 11.9. The van der Waals surface area contributed by atoms with Gasteiger partial charge in [0.05, 0.1) is 0 Å². The predicted octanol–water partition coefficient (Wildman–Crippen LogP) is -3.97. The summed E-state index contributed by atoms with van der Waals surface area (Å²) in [5.41, 5.74) is 0. The van der Waals surface area contributed by atoms with E-state index in [0.717, 1.165) is 52.4 Å². The van der Waals surface area contributed by atoms with E-state index < -0.39 is 0 Å². The molecule has 0 bridgehead atoms. The van der Waals surface area contributed by atoms with Crippen LogP contribution in [-0.2, 0) is 0 Å². The van der Waals surface area contributed by atoms with Crippen molar-refractivity contribution >= 4 is 6.03 Å². The van der Waals surface area contributed by atoms with Gasteiger partial charge in [0.25, 0.3) is 0 Å². The molecule has 0 aromatic rings. The van der Waals surface area contributed by atoms with Crippen LogP contribution >= 0.6 is 0 Å². The summed E-state index contributed by atoms with van der Waals surface area (Å²) in [6.45, 7) is 7.11. The summed E-state index contributed by atoms with van der Waals surface area (Å²) >= 11 is 0. The van der Waals surface area contributed by atoms with Crippen LogP contribution in [0.15, 0.2) is 0 Å². The minimum atomic E-state index is 0. The third-order valence-corrected chi connectivity index (χ3v) is 2.78. The molecular formula is C9H19N4NaO. The molecule has 2 saturated heterocycles. The van der Waals surface area contributed by atoms with Crippen LogP contribution in [0.5, 0.6) is 0 Å². The molecule has 82 valence electrons. The van der Waals surface area contributed by atoms with Gasteiger partial charge in [-0.05, 0) is 0 Å². The number of rotatable bonds is 0. The largest absolute Gasteiger partial charge is 1.00 e. The molecule has 6 heteroatoms. The minimum Gasteiger partial charge on any atom is -1.00 e. The predicted molar refractivity (Wildman–Crippen MR) is 55.4 cm³/mol. The summed E-state index contributed by atoms with van der Waals surface area (Å²) in [6, 6.07) is 0.216. The van der Waals surface area contributed by atoms with Crippen LogP contribution in [0.25, 0.3) is 0 Å². The van der Waals surface area contributed by atoms with Crippen LogP contribution < -0.4 is 40.2 Å². The van der Waals surface area contributed by atoms with Gasteiger partial charge in [0, 0.05) is 52.4 Å². The number of amides is 2. The molecule has 0 saturated carbocycles. The van der Waals surface area contributed by atoms with E-state index in [9.17, 15) is 4.79 Å². The Hall–Kier alpha value is 0.190. The molecule has 0 aliphatic carbocycles. The third-order valence-electron chi connectivity index (χ3n) is 2.78. The Bertz CT molecular complexity index is 188. The molecule has 2 fully saturated rings. The molecule has 2 amide bonds. The van der Waals surface area contributed by atoms with E-state index in [4.69, 9.17) is 0 Å². The van der Waals surface area contributed by atoms with E-state index in [1.165, 1.54) is 0 Å². The van der Waals surface area contributed by atoms with Gasteiger partial charge in [-0.2, -0.15) is 0 Å². The van der Waals surface area contributed by atoms with Crippen LogP contribution in [0.2, 0.25) is 0 Å². The quantitative estimate of drug-likeness (QED) is 0.411. The topological polar surface area (TPSA) is 47.6 Å². The molecule has 0 radical (unpaired) electrons. The molecule has 2 rings (SSSR count). The van der Waals surface area contributed by atoms with E-state index in [1.54, 1.807) is 0 Å². The average Bonchev–Trinajstić information content (AvgIpc) is 2.30. The van der Waals surface area contributed by atoms with Gasteiger partial charge in [-0.1, -0.05) is 0 Å². The van der Waals surface area contributed by atoms with E-state index in [0.29, 0.717) is 0 Å². The number of hydrogen-bond donors (Lipinski definition) is 2. The Labute approximate surface area is 114 Å². The van der Waals surface area contributed by atoms with Gasteiger partial charge >= 0.3 is 35.6 Å². The molecule has 5 nitrogen and oxygen atoms in total. The smallest absolute Gasteiger partial charge is 1.00 e. The van der Waals surface area contributed by atoms with Gasteiger partial charge in [0.1, 0.15) is 0 Å². The van der Waals surface area contributed by atoms with Gasteiger partial charge in [-0.15, -0.1) is 0 Å². The van der Waals surface area contributed by atoms with E-state index in [1.807, 2.05) is 9.80 Å². The third kappa shape index (κ3) is 3.60. The number of nitrogens with one attached hydrogen (secondary N) is 2. The number of carbonyl (C=O) groups is 1. The molecular weight excluding hydrogens is 203 g/mol. The molecule has 15 heavy (non-hydrogen) atoms. The molecule has 2 heterocycles. The van der Waals surface area contributed by atoms with Crippen LogP contribution in [0.1, 0.15) is 1.43 Å². The summed E-state index contributed by atoms with van der Waals surface area (Å²) in [7, 11) is 0. The summed E-state index contributed by atoms with van der Waals surface area (Å²) in [5.74, 6) is 0. The fourth-order valence-electron chi connectivity index (χ4n) is 1.91. The monoisotopic (exact) mass is 222 g/mol. The summed E-state index contributed by atoms with van der Waals surface area (Å²) in [5, 5.41) is 6.50. The first-order chi connectivity index (χ1) is 6.88. The van der Waals surface area contributed by atoms with Crippen molar-refractivity contribution in [1.29, 1.82) is 0 Å². The SMILES string of the molecule is O=C(N1CCNCC1)N1CCNCC1.[H-].[Na+]. The second-order valence-corrected chi connectivity index (χ2v) is 3.76. The van der Waals surface area contributed by atoms with E-state index in [2.05, 4.69) is 10.6 Å². The van der Waals surface area contributed by atoms with Crippen molar-refractivity contribution in [1.82, 2.24) is 20.4 Å². The van der Waals surface area contributed by atoms with Gasteiger partial charge in [0.15, 0.2) is 0 Å². The van der Waals surface area contributed by atoms with Gasteiger partial charge in [-0.3, -0.25) is 0 Å². The Kier molecular flexibility index (Phi) is 5.92. The van der Waals surface area contributed by atoms with Crippen molar-refractivity contribution in [2.24, 2.45) is 0 Å². The van der Waals surface area contributed by atoms with Gasteiger partial charge < -0.3 is 21.9 Å². The average molecular weight is 222 g/mol. The number of hydrogen-bond acceptors (Lipinski definition) is 3. The zero-order valence-corrected chi connectivity index (χ0v) is 11.5. The molecule has 0 atom stereocenters. The van der Waals surface area contributed by atoms with E-state index >= 15 is 0 Å². The standard InChI is InChI=1S/C9H18N4O.Na.H/c14-9(12-5-1-10-2-6-12)13-7-3-11-4-8-13;;/h10-11H,1-8H2;;/q;+1;-1. The van der Waals surface area contributed by atoms with Gasteiger partial charge in [-0.25, -0.2) is 4.79 Å². The van der Waals surface area contributed by atoms with Crippen LogP contribution in [0, 0.1) is 0 Å². The number of urea groups is 1. The molecule has 2 aliphatic heterocycles. The molecule has 2 aliphatic rings. The molecule has 0 spiro atoms. The molecule has 0 aromatic heterocycles. The maximum absolute atomic E-state index is 11.9. The fraction of sp³-hybridized carbons (Fsp3) is 0.889. The second kappa shape index (κ2) is 6.70. The zero-order chi connectivity index (χ0) is 9.80. The Morgan fingerprint density at radius 2 is 1.20 bits per heavy atom. The van der Waals surface area contributed by atoms with Crippen molar-refractivity contribution in [3.05, 3.63) is 0 Å². The van der Waals surface area contributed by atoms with Crippen LogP contribution in [0.3, 0.4) is 0 Å². The maximum Gasteiger partial charge on any atom is 1.00 e. The second-order valence-electron chi connectivity index (χ2n) is 3.76. The first-order valence-corrected chi connectivity index (χ1v) is 5.33. The Morgan fingerprint density at radius 1 is 0.867 bits per heavy atom. The zero-order valence-electron chi connectivity index (χ0n) is 10.5. The normalized spacial score (nSPS) is 22.1. The first kappa shape index (κ1) is 13.3. The van der Waals surface area contributed by atoms with Crippen molar-refractivity contribution in [3.63, 3.8) is 0 Å². The summed E-state index contributed by atoms with van der Waals surface area (Å²) < 4.78 is 0. The minimum absolute atomic E-state index is 0. The molecule has 0 aromatic carbocycles. The Morgan fingerprint density at radius 3 is 1.53 bits per heavy atom.